The monoisotopic (exact) mass is 212 g/mol. The molecule has 84 valence electrons. The molecule has 0 aliphatic rings. The van der Waals surface area contributed by atoms with Gasteiger partial charge in [0.2, 0.25) is 0 Å². The highest BCUT2D eigenvalue weighted by molar-refractivity contribution is 5.86. The van der Waals surface area contributed by atoms with Crippen LogP contribution in [-0.2, 0) is 6.42 Å². The van der Waals surface area contributed by atoms with Crippen LogP contribution >= 0.6 is 0 Å². The molecule has 0 amide bonds. The van der Waals surface area contributed by atoms with Crippen LogP contribution in [0.15, 0.2) is 36.4 Å². The van der Waals surface area contributed by atoms with Crippen molar-refractivity contribution in [3.8, 4) is 0 Å². The zero-order valence-electron chi connectivity index (χ0n) is 10.3. The molecule has 0 fully saturated rings. The van der Waals surface area contributed by atoms with Crippen molar-refractivity contribution in [1.82, 2.24) is 0 Å². The van der Waals surface area contributed by atoms with Gasteiger partial charge in [0.05, 0.1) is 0 Å². The summed E-state index contributed by atoms with van der Waals surface area (Å²) >= 11 is 0. The van der Waals surface area contributed by atoms with Gasteiger partial charge in [-0.3, -0.25) is 0 Å². The lowest BCUT2D eigenvalue weighted by molar-refractivity contribution is 0.716. The van der Waals surface area contributed by atoms with Crippen molar-refractivity contribution in [2.24, 2.45) is 0 Å². The molecule has 2 aromatic carbocycles. The van der Waals surface area contributed by atoms with E-state index in [0.29, 0.717) is 0 Å². The van der Waals surface area contributed by atoms with E-state index in [-0.39, 0.29) is 0 Å². The minimum absolute atomic E-state index is 1.23. The smallest absolute Gasteiger partial charge is 0.0152 e. The van der Waals surface area contributed by atoms with Gasteiger partial charge in [-0.15, -0.1) is 0 Å². The van der Waals surface area contributed by atoms with Gasteiger partial charge >= 0.3 is 0 Å². The lowest BCUT2D eigenvalue weighted by Crippen LogP contribution is -1.91. The lowest BCUT2D eigenvalue weighted by atomic mass is 9.96. The number of aryl methyl sites for hydroxylation is 2. The third kappa shape index (κ3) is 2.27. The predicted molar refractivity (Wildman–Crippen MR) is 71.9 cm³/mol. The Kier molecular flexibility index (Phi) is 3.61. The highest BCUT2D eigenvalue weighted by Crippen LogP contribution is 2.22. The molecule has 16 heavy (non-hydrogen) atoms. The van der Waals surface area contributed by atoms with Gasteiger partial charge in [-0.2, -0.15) is 0 Å². The van der Waals surface area contributed by atoms with Crippen LogP contribution in [0.25, 0.3) is 10.8 Å². The lowest BCUT2D eigenvalue weighted by Gasteiger charge is -2.09. The molecule has 0 spiro atoms. The van der Waals surface area contributed by atoms with Crippen LogP contribution in [0.3, 0.4) is 0 Å². The van der Waals surface area contributed by atoms with Crippen LogP contribution in [0, 0.1) is 6.92 Å². The fraction of sp³-hybridized carbons (Fsp3) is 0.375. The van der Waals surface area contributed by atoms with Crippen LogP contribution in [-0.4, -0.2) is 0 Å². The molecule has 0 radical (unpaired) electrons. The Morgan fingerprint density at radius 2 is 1.75 bits per heavy atom. The third-order valence-electron chi connectivity index (χ3n) is 3.36. The summed E-state index contributed by atoms with van der Waals surface area (Å²) in [6.07, 6.45) is 5.18. The highest BCUT2D eigenvalue weighted by atomic mass is 14.1. The number of unbranched alkanes of at least 4 members (excludes halogenated alkanes) is 2. The Balaban J connectivity index is 2.29. The van der Waals surface area contributed by atoms with E-state index in [1.807, 2.05) is 0 Å². The summed E-state index contributed by atoms with van der Waals surface area (Å²) in [5.41, 5.74) is 2.99. The third-order valence-corrected chi connectivity index (χ3v) is 3.36. The predicted octanol–water partition coefficient (Wildman–Crippen LogP) is 4.88. The molecular weight excluding hydrogens is 192 g/mol. The molecule has 0 nitrogen and oxygen atoms in total. The van der Waals surface area contributed by atoms with Crippen molar-refractivity contribution in [2.75, 3.05) is 0 Å². The topological polar surface area (TPSA) is 0 Å². The maximum atomic E-state index is 2.30. The maximum Gasteiger partial charge on any atom is -0.0152 e. The van der Waals surface area contributed by atoms with Gasteiger partial charge in [-0.1, -0.05) is 56.2 Å². The van der Waals surface area contributed by atoms with Crippen molar-refractivity contribution in [3.05, 3.63) is 47.5 Å². The molecule has 0 saturated heterocycles. The Bertz CT molecular complexity index is 468. The summed E-state index contributed by atoms with van der Waals surface area (Å²) in [5.74, 6) is 0. The largest absolute Gasteiger partial charge is 0.0654 e. The van der Waals surface area contributed by atoms with Gasteiger partial charge in [0, 0.05) is 0 Å². The first-order valence-electron chi connectivity index (χ1n) is 6.30. The SMILES string of the molecule is CCCCCc1ccc2ccccc2c1C. The Morgan fingerprint density at radius 1 is 0.938 bits per heavy atom. The van der Waals surface area contributed by atoms with E-state index in [0.717, 1.165) is 0 Å². The van der Waals surface area contributed by atoms with Crippen molar-refractivity contribution in [3.63, 3.8) is 0 Å². The van der Waals surface area contributed by atoms with E-state index < -0.39 is 0 Å². The van der Waals surface area contributed by atoms with Gasteiger partial charge in [0.15, 0.2) is 0 Å². The van der Waals surface area contributed by atoms with E-state index >= 15 is 0 Å². The zero-order chi connectivity index (χ0) is 11.4. The molecule has 0 heteroatoms. The number of hydrogen-bond acceptors (Lipinski definition) is 0. The molecule has 0 aliphatic heterocycles. The Labute approximate surface area is 98.3 Å². The molecule has 2 aromatic rings. The number of hydrogen-bond donors (Lipinski definition) is 0. The first-order chi connectivity index (χ1) is 7.83. The minimum Gasteiger partial charge on any atom is -0.0654 e. The number of benzene rings is 2. The van der Waals surface area contributed by atoms with Crippen LogP contribution in [0.4, 0.5) is 0 Å². The van der Waals surface area contributed by atoms with Crippen molar-refractivity contribution < 1.29 is 0 Å². The second kappa shape index (κ2) is 5.16. The molecule has 0 bridgehead atoms. The van der Waals surface area contributed by atoms with Crippen LogP contribution < -0.4 is 0 Å². The average Bonchev–Trinajstić information content (AvgIpc) is 2.33. The van der Waals surface area contributed by atoms with E-state index in [4.69, 9.17) is 0 Å². The molecular formula is C16H20. The Morgan fingerprint density at radius 3 is 2.56 bits per heavy atom. The van der Waals surface area contributed by atoms with Gasteiger partial charge in [0.1, 0.15) is 0 Å². The second-order valence-electron chi connectivity index (χ2n) is 4.53. The first-order valence-corrected chi connectivity index (χ1v) is 6.30. The molecule has 0 N–H and O–H groups in total. The molecule has 0 atom stereocenters. The highest BCUT2D eigenvalue weighted by Gasteiger charge is 2.02. The summed E-state index contributed by atoms with van der Waals surface area (Å²) in [7, 11) is 0. The first kappa shape index (κ1) is 11.2. The number of fused-ring (bicyclic) bond motifs is 1. The van der Waals surface area contributed by atoms with Crippen molar-refractivity contribution >= 4 is 10.8 Å². The van der Waals surface area contributed by atoms with Crippen LogP contribution in [0.2, 0.25) is 0 Å². The summed E-state index contributed by atoms with van der Waals surface area (Å²) in [6.45, 7) is 4.51. The van der Waals surface area contributed by atoms with E-state index in [9.17, 15) is 0 Å². The fourth-order valence-corrected chi connectivity index (χ4v) is 2.31. The summed E-state index contributed by atoms with van der Waals surface area (Å²) in [6, 6.07) is 13.2. The minimum atomic E-state index is 1.23. The molecule has 2 rings (SSSR count). The standard InChI is InChI=1S/C16H20/c1-3-4-5-8-14-11-12-15-9-6-7-10-16(15)13(14)2/h6-7,9-12H,3-5,8H2,1-2H3. The summed E-state index contributed by atoms with van der Waals surface area (Å²) < 4.78 is 0. The average molecular weight is 212 g/mol. The maximum absolute atomic E-state index is 2.30. The summed E-state index contributed by atoms with van der Waals surface area (Å²) in [5, 5.41) is 2.77. The van der Waals surface area contributed by atoms with Gasteiger partial charge in [0.25, 0.3) is 0 Å². The second-order valence-corrected chi connectivity index (χ2v) is 4.53. The van der Waals surface area contributed by atoms with E-state index in [1.54, 1.807) is 0 Å². The van der Waals surface area contributed by atoms with Gasteiger partial charge in [-0.25, -0.2) is 0 Å². The molecule has 0 aliphatic carbocycles. The molecule has 0 saturated carbocycles. The van der Waals surface area contributed by atoms with Gasteiger partial charge < -0.3 is 0 Å². The molecule has 0 aromatic heterocycles. The fourth-order valence-electron chi connectivity index (χ4n) is 2.31. The van der Waals surface area contributed by atoms with E-state index in [2.05, 4.69) is 50.2 Å². The van der Waals surface area contributed by atoms with Crippen molar-refractivity contribution in [2.45, 2.75) is 39.5 Å². The normalized spacial score (nSPS) is 10.9. The molecule has 0 heterocycles. The van der Waals surface area contributed by atoms with E-state index in [1.165, 1.54) is 47.6 Å². The Hall–Kier alpha value is -1.30. The molecule has 0 unspecified atom stereocenters. The quantitative estimate of drug-likeness (QED) is 0.633. The van der Waals surface area contributed by atoms with Crippen molar-refractivity contribution in [1.29, 1.82) is 0 Å². The van der Waals surface area contributed by atoms with Gasteiger partial charge in [-0.05, 0) is 41.7 Å². The number of rotatable bonds is 4. The van der Waals surface area contributed by atoms with Crippen LogP contribution in [0.5, 0.6) is 0 Å². The zero-order valence-corrected chi connectivity index (χ0v) is 10.3. The summed E-state index contributed by atoms with van der Waals surface area (Å²) in [4.78, 5) is 0. The van der Waals surface area contributed by atoms with Crippen LogP contribution in [0.1, 0.15) is 37.3 Å².